The van der Waals surface area contributed by atoms with Crippen LogP contribution in [0.25, 0.3) is 10.9 Å². The molecule has 2 heterocycles. The number of hydrogen-bond acceptors (Lipinski definition) is 4. The molecule has 1 aliphatic heterocycles. The van der Waals surface area contributed by atoms with E-state index in [0.717, 1.165) is 33.9 Å². The Labute approximate surface area is 208 Å². The SMILES string of the molecule is Cc1ccccc1C(=O)N=Nc1c(O)n(CN2C[C@]3(C)C[C@H]2CC(C)(C)C3)c2ccc(Br)cc12. The van der Waals surface area contributed by atoms with Crippen molar-refractivity contribution in [3.63, 3.8) is 0 Å². The van der Waals surface area contributed by atoms with Gasteiger partial charge in [-0.05, 0) is 66.8 Å². The number of aryl methyl sites for hydroxylation is 1. The summed E-state index contributed by atoms with van der Waals surface area (Å²) in [4.78, 5) is 15.2. The Bertz CT molecular complexity index is 1310. The summed E-state index contributed by atoms with van der Waals surface area (Å²) in [5, 5.41) is 20.3. The van der Waals surface area contributed by atoms with E-state index in [9.17, 15) is 9.90 Å². The molecule has 0 radical (unpaired) electrons. The summed E-state index contributed by atoms with van der Waals surface area (Å²) in [7, 11) is 0. The lowest BCUT2D eigenvalue weighted by Gasteiger charge is -2.40. The molecule has 1 saturated carbocycles. The van der Waals surface area contributed by atoms with Crippen LogP contribution in [0.4, 0.5) is 5.69 Å². The summed E-state index contributed by atoms with van der Waals surface area (Å²) in [5.41, 5.74) is 3.19. The lowest BCUT2D eigenvalue weighted by Crippen LogP contribution is -2.35. The van der Waals surface area contributed by atoms with E-state index >= 15 is 0 Å². The standard InChI is InChI=1S/C27H31BrN4O2/c1-17-7-5-6-8-20(17)24(33)30-29-23-21-11-18(28)9-10-22(21)32(25(23)34)16-31-15-27(4)13-19(31)12-26(2,3)14-27/h5-11,19,34H,12-16H2,1-4H3/t19-,27-/m1/s1. The van der Waals surface area contributed by atoms with Crippen LogP contribution in [0.1, 0.15) is 56.0 Å². The van der Waals surface area contributed by atoms with Crippen molar-refractivity contribution in [3.8, 4) is 5.88 Å². The lowest BCUT2D eigenvalue weighted by atomic mass is 9.65. The molecule has 1 amide bonds. The maximum atomic E-state index is 12.7. The van der Waals surface area contributed by atoms with E-state index in [4.69, 9.17) is 0 Å². The number of aromatic hydroxyl groups is 1. The molecule has 1 N–H and O–H groups in total. The zero-order valence-electron chi connectivity index (χ0n) is 20.2. The minimum absolute atomic E-state index is 0.0419. The molecule has 2 atom stereocenters. The van der Waals surface area contributed by atoms with Crippen LogP contribution < -0.4 is 0 Å². The molecular weight excluding hydrogens is 492 g/mol. The van der Waals surface area contributed by atoms with Crippen LogP contribution in [0.3, 0.4) is 0 Å². The third kappa shape index (κ3) is 4.20. The van der Waals surface area contributed by atoms with Gasteiger partial charge >= 0.3 is 0 Å². The minimum atomic E-state index is -0.420. The highest BCUT2D eigenvalue weighted by molar-refractivity contribution is 9.10. The monoisotopic (exact) mass is 522 g/mol. The van der Waals surface area contributed by atoms with Gasteiger partial charge in [0.2, 0.25) is 5.88 Å². The van der Waals surface area contributed by atoms with E-state index in [1.165, 1.54) is 12.8 Å². The van der Waals surface area contributed by atoms with E-state index in [1.807, 2.05) is 47.9 Å². The van der Waals surface area contributed by atoms with Gasteiger partial charge in [0.1, 0.15) is 0 Å². The normalized spacial score (nSPS) is 24.3. The molecule has 6 nitrogen and oxygen atoms in total. The lowest BCUT2D eigenvalue weighted by molar-refractivity contribution is 0.0994. The van der Waals surface area contributed by atoms with Gasteiger partial charge in [-0.2, -0.15) is 0 Å². The number of aromatic nitrogens is 1. The first-order valence-electron chi connectivity index (χ1n) is 11.8. The van der Waals surface area contributed by atoms with E-state index < -0.39 is 5.91 Å². The van der Waals surface area contributed by atoms with Crippen molar-refractivity contribution in [2.45, 2.75) is 59.7 Å². The number of benzene rings is 2. The number of carbonyl (C=O) groups is 1. The topological polar surface area (TPSA) is 70.2 Å². The van der Waals surface area contributed by atoms with E-state index in [-0.39, 0.29) is 5.88 Å². The summed E-state index contributed by atoms with van der Waals surface area (Å²) in [6, 6.07) is 13.7. The Morgan fingerprint density at radius 3 is 2.71 bits per heavy atom. The van der Waals surface area contributed by atoms with Crippen LogP contribution in [0.2, 0.25) is 0 Å². The molecule has 3 aromatic rings. The Kier molecular flexibility index (Phi) is 5.68. The first-order valence-corrected chi connectivity index (χ1v) is 12.6. The highest BCUT2D eigenvalue weighted by Crippen LogP contribution is 2.53. The molecule has 5 rings (SSSR count). The number of hydrogen-bond donors (Lipinski definition) is 1. The molecule has 2 bridgehead atoms. The van der Waals surface area contributed by atoms with Crippen molar-refractivity contribution in [2.24, 2.45) is 21.1 Å². The highest BCUT2D eigenvalue weighted by atomic mass is 79.9. The van der Waals surface area contributed by atoms with Crippen molar-refractivity contribution in [1.82, 2.24) is 9.47 Å². The molecule has 2 fully saturated rings. The molecule has 1 saturated heterocycles. The summed E-state index contributed by atoms with van der Waals surface area (Å²) in [6.07, 6.45) is 3.57. The second-order valence-corrected chi connectivity index (χ2v) is 12.1. The first kappa shape index (κ1) is 23.2. The number of rotatable bonds is 4. The zero-order chi connectivity index (χ0) is 24.3. The van der Waals surface area contributed by atoms with Crippen LogP contribution in [0, 0.1) is 17.8 Å². The van der Waals surface area contributed by atoms with Gasteiger partial charge in [0.05, 0.1) is 12.2 Å². The Hall–Kier alpha value is -2.51. The van der Waals surface area contributed by atoms with Gasteiger partial charge in [-0.3, -0.25) is 14.3 Å². The molecule has 0 unspecified atom stereocenters. The Balaban J connectivity index is 1.50. The summed E-state index contributed by atoms with van der Waals surface area (Å²) >= 11 is 3.53. The van der Waals surface area contributed by atoms with Crippen molar-refractivity contribution >= 4 is 38.4 Å². The van der Waals surface area contributed by atoms with Gasteiger partial charge in [0.15, 0.2) is 5.69 Å². The fourth-order valence-electron chi connectivity index (χ4n) is 6.42. The van der Waals surface area contributed by atoms with Crippen LogP contribution in [-0.4, -0.2) is 33.1 Å². The molecule has 1 aromatic heterocycles. The number of halogens is 1. The van der Waals surface area contributed by atoms with Crippen LogP contribution in [-0.2, 0) is 6.67 Å². The molecule has 2 aliphatic rings. The van der Waals surface area contributed by atoms with Gasteiger partial charge in [-0.15, -0.1) is 10.2 Å². The third-order valence-corrected chi connectivity index (χ3v) is 7.93. The molecule has 0 spiro atoms. The maximum absolute atomic E-state index is 12.7. The van der Waals surface area contributed by atoms with Gasteiger partial charge in [-0.1, -0.05) is 54.9 Å². The van der Waals surface area contributed by atoms with Crippen molar-refractivity contribution in [3.05, 3.63) is 58.1 Å². The molecule has 1 aliphatic carbocycles. The Morgan fingerprint density at radius 2 is 1.94 bits per heavy atom. The molecule has 34 heavy (non-hydrogen) atoms. The average Bonchev–Trinajstić information content (AvgIpc) is 3.14. The van der Waals surface area contributed by atoms with Gasteiger partial charge in [0, 0.05) is 28.0 Å². The fraction of sp³-hybridized carbons (Fsp3) is 0.444. The van der Waals surface area contributed by atoms with Gasteiger partial charge in [-0.25, -0.2) is 0 Å². The average molecular weight is 523 g/mol. The van der Waals surface area contributed by atoms with E-state index in [2.05, 4.69) is 51.8 Å². The molecule has 7 heteroatoms. The van der Waals surface area contributed by atoms with Gasteiger partial charge < -0.3 is 5.11 Å². The number of likely N-dealkylation sites (tertiary alicyclic amines) is 1. The summed E-state index contributed by atoms with van der Waals surface area (Å²) in [5.74, 6) is -0.378. The number of fused-ring (bicyclic) bond motifs is 3. The number of amides is 1. The number of nitrogens with zero attached hydrogens (tertiary/aromatic N) is 4. The predicted octanol–water partition coefficient (Wildman–Crippen LogP) is 7.20. The predicted molar refractivity (Wildman–Crippen MR) is 138 cm³/mol. The smallest absolute Gasteiger partial charge is 0.295 e. The van der Waals surface area contributed by atoms with Crippen LogP contribution in [0.5, 0.6) is 5.88 Å². The van der Waals surface area contributed by atoms with E-state index in [1.54, 1.807) is 6.07 Å². The molecular formula is C27H31BrN4O2. The second-order valence-electron chi connectivity index (χ2n) is 11.2. The zero-order valence-corrected chi connectivity index (χ0v) is 21.8. The quantitative estimate of drug-likeness (QED) is 0.368. The highest BCUT2D eigenvalue weighted by Gasteiger charge is 2.49. The van der Waals surface area contributed by atoms with Crippen LogP contribution in [0.15, 0.2) is 57.2 Å². The largest absolute Gasteiger partial charge is 0.493 e. The summed E-state index contributed by atoms with van der Waals surface area (Å²) in [6.45, 7) is 10.6. The second kappa shape index (κ2) is 8.31. The fourth-order valence-corrected chi connectivity index (χ4v) is 6.78. The van der Waals surface area contributed by atoms with Crippen molar-refractivity contribution in [1.29, 1.82) is 0 Å². The minimum Gasteiger partial charge on any atom is -0.493 e. The van der Waals surface area contributed by atoms with Crippen LogP contribution >= 0.6 is 15.9 Å². The maximum Gasteiger partial charge on any atom is 0.295 e. The third-order valence-electron chi connectivity index (χ3n) is 7.43. The van der Waals surface area contributed by atoms with Crippen molar-refractivity contribution < 1.29 is 9.90 Å². The van der Waals surface area contributed by atoms with Crippen molar-refractivity contribution in [2.75, 3.05) is 6.54 Å². The van der Waals surface area contributed by atoms with E-state index in [0.29, 0.717) is 34.8 Å². The number of azo groups is 1. The molecule has 2 aromatic carbocycles. The Morgan fingerprint density at radius 1 is 1.18 bits per heavy atom. The summed E-state index contributed by atoms with van der Waals surface area (Å²) < 4.78 is 2.79. The number of carbonyl (C=O) groups excluding carboxylic acids is 1. The molecule has 178 valence electrons. The van der Waals surface area contributed by atoms with Gasteiger partial charge in [0.25, 0.3) is 5.91 Å². The first-order chi connectivity index (χ1) is 16.1.